The molecule has 2 aromatic rings. The van der Waals surface area contributed by atoms with Gasteiger partial charge in [-0.25, -0.2) is 23.0 Å². The molecule has 18 heteroatoms. The number of aliphatic carboxylic acids is 2. The summed E-state index contributed by atoms with van der Waals surface area (Å²) < 4.78 is 97.9. The predicted octanol–water partition coefficient (Wildman–Crippen LogP) is 2.10. The van der Waals surface area contributed by atoms with Crippen LogP contribution >= 0.6 is 0 Å². The van der Waals surface area contributed by atoms with Gasteiger partial charge in [0.15, 0.2) is 5.03 Å². The summed E-state index contributed by atoms with van der Waals surface area (Å²) in [6, 6.07) is 3.55. The SMILES string of the molecule is CO[C@H]1CCN(S(=O)(=O)c2cn(C)cn2)[C@H]1Cc1cccnc1.O=C(O)C(F)(F)F.O=C(O)C(F)(F)F. The molecule has 1 fully saturated rings. The summed E-state index contributed by atoms with van der Waals surface area (Å²) in [5, 5.41) is 14.3. The molecule has 3 heterocycles. The van der Waals surface area contributed by atoms with Gasteiger partial charge in [-0.05, 0) is 24.5 Å². The Balaban J connectivity index is 0.000000404. The van der Waals surface area contributed by atoms with Crippen LogP contribution in [-0.4, -0.2) is 87.6 Å². The minimum absolute atomic E-state index is 0.0768. The van der Waals surface area contributed by atoms with Gasteiger partial charge in [-0.3, -0.25) is 4.98 Å². The summed E-state index contributed by atoms with van der Waals surface area (Å²) in [6.07, 6.45) is -2.57. The maximum absolute atomic E-state index is 12.9. The first-order chi connectivity index (χ1) is 16.9. The summed E-state index contributed by atoms with van der Waals surface area (Å²) in [7, 11) is -0.255. The van der Waals surface area contributed by atoms with Gasteiger partial charge < -0.3 is 19.5 Å². The first kappa shape index (κ1) is 31.8. The first-order valence-corrected chi connectivity index (χ1v) is 11.4. The number of carboxylic acids is 2. The monoisotopic (exact) mass is 564 g/mol. The fourth-order valence-electron chi connectivity index (χ4n) is 3.01. The van der Waals surface area contributed by atoms with Crippen molar-refractivity contribution in [1.82, 2.24) is 18.8 Å². The zero-order valence-corrected chi connectivity index (χ0v) is 20.0. The van der Waals surface area contributed by atoms with Gasteiger partial charge in [0.05, 0.1) is 18.5 Å². The van der Waals surface area contributed by atoms with Crippen molar-refractivity contribution >= 4 is 22.0 Å². The third-order valence-electron chi connectivity index (χ3n) is 4.64. The zero-order chi connectivity index (χ0) is 28.6. The number of nitrogens with zero attached hydrogens (tertiary/aromatic N) is 4. The van der Waals surface area contributed by atoms with Gasteiger partial charge in [-0.1, -0.05) is 6.07 Å². The van der Waals surface area contributed by atoms with Crippen LogP contribution in [0.3, 0.4) is 0 Å². The quantitative estimate of drug-likeness (QED) is 0.520. The molecule has 0 radical (unpaired) electrons. The van der Waals surface area contributed by atoms with Gasteiger partial charge in [0.1, 0.15) is 0 Å². The third kappa shape index (κ3) is 9.62. The number of hydrogen-bond acceptors (Lipinski definition) is 7. The van der Waals surface area contributed by atoms with Crippen LogP contribution in [0.15, 0.2) is 42.1 Å². The van der Waals surface area contributed by atoms with Crippen LogP contribution in [0.1, 0.15) is 12.0 Å². The molecule has 208 valence electrons. The number of rotatable bonds is 5. The summed E-state index contributed by atoms with van der Waals surface area (Å²) in [5.41, 5.74) is 0.989. The number of alkyl halides is 6. The number of carboxylic acid groups (broad SMARTS) is 2. The van der Waals surface area contributed by atoms with Crippen LogP contribution in [0.5, 0.6) is 0 Å². The number of aryl methyl sites for hydroxylation is 1. The highest BCUT2D eigenvalue weighted by molar-refractivity contribution is 7.89. The van der Waals surface area contributed by atoms with Gasteiger partial charge in [0.25, 0.3) is 10.0 Å². The van der Waals surface area contributed by atoms with E-state index in [1.807, 2.05) is 12.1 Å². The Morgan fingerprint density at radius 2 is 1.68 bits per heavy atom. The van der Waals surface area contributed by atoms with E-state index < -0.39 is 34.3 Å². The van der Waals surface area contributed by atoms with E-state index in [2.05, 4.69) is 9.97 Å². The van der Waals surface area contributed by atoms with Crippen molar-refractivity contribution in [3.05, 3.63) is 42.6 Å². The fraction of sp³-hybridized carbons (Fsp3) is 0.474. The van der Waals surface area contributed by atoms with Gasteiger partial charge in [0, 0.05) is 39.3 Å². The zero-order valence-electron chi connectivity index (χ0n) is 19.1. The summed E-state index contributed by atoms with van der Waals surface area (Å²) in [5.74, 6) is -5.51. The van der Waals surface area contributed by atoms with Crippen molar-refractivity contribution in [3.63, 3.8) is 0 Å². The number of halogens is 6. The lowest BCUT2D eigenvalue weighted by Crippen LogP contribution is -2.41. The molecule has 2 atom stereocenters. The van der Waals surface area contributed by atoms with Crippen molar-refractivity contribution < 1.29 is 59.3 Å². The second-order valence-electron chi connectivity index (χ2n) is 7.29. The van der Waals surface area contributed by atoms with Crippen LogP contribution in [0.25, 0.3) is 0 Å². The maximum atomic E-state index is 12.9. The van der Waals surface area contributed by atoms with Crippen LogP contribution in [0, 0.1) is 0 Å². The van der Waals surface area contributed by atoms with Crippen LogP contribution in [-0.2, 0) is 37.8 Å². The smallest absolute Gasteiger partial charge is 0.475 e. The molecule has 0 unspecified atom stereocenters. The number of sulfonamides is 1. The van der Waals surface area contributed by atoms with E-state index in [0.717, 1.165) is 5.56 Å². The summed E-state index contributed by atoms with van der Waals surface area (Å²) in [4.78, 5) is 25.9. The molecule has 2 N–H and O–H groups in total. The number of methoxy groups -OCH3 is 1. The number of carbonyl (C=O) groups is 2. The molecule has 11 nitrogen and oxygen atoms in total. The Hall–Kier alpha value is -3.25. The molecular formula is C19H22F6N4O7S. The molecule has 1 saturated heterocycles. The predicted molar refractivity (Wildman–Crippen MR) is 112 cm³/mol. The van der Waals surface area contributed by atoms with Gasteiger partial charge in [0.2, 0.25) is 0 Å². The van der Waals surface area contributed by atoms with E-state index in [1.54, 1.807) is 31.1 Å². The lowest BCUT2D eigenvalue weighted by molar-refractivity contribution is -0.193. The molecule has 1 aliphatic heterocycles. The van der Waals surface area contributed by atoms with E-state index in [9.17, 15) is 34.8 Å². The van der Waals surface area contributed by atoms with E-state index in [0.29, 0.717) is 19.4 Å². The van der Waals surface area contributed by atoms with E-state index >= 15 is 0 Å². The largest absolute Gasteiger partial charge is 0.490 e. The highest BCUT2D eigenvalue weighted by Gasteiger charge is 2.42. The number of ether oxygens (including phenoxy) is 1. The lowest BCUT2D eigenvalue weighted by Gasteiger charge is -2.26. The van der Waals surface area contributed by atoms with Crippen molar-refractivity contribution in [1.29, 1.82) is 0 Å². The first-order valence-electron chi connectivity index (χ1n) is 9.93. The highest BCUT2D eigenvalue weighted by atomic mass is 32.2. The van der Waals surface area contributed by atoms with Crippen LogP contribution in [0.2, 0.25) is 0 Å². The molecule has 0 spiro atoms. The Morgan fingerprint density at radius 1 is 1.14 bits per heavy atom. The Bertz CT molecular complexity index is 1120. The van der Waals surface area contributed by atoms with Crippen LogP contribution in [0.4, 0.5) is 26.3 Å². The molecule has 0 bridgehead atoms. The van der Waals surface area contributed by atoms with Crippen molar-refractivity contribution in [2.24, 2.45) is 7.05 Å². The Morgan fingerprint density at radius 3 is 2.05 bits per heavy atom. The number of imidazole rings is 1. The second-order valence-corrected chi connectivity index (χ2v) is 9.13. The molecule has 1 aliphatic rings. The molecule has 3 rings (SSSR count). The molecule has 0 amide bonds. The standard InChI is InChI=1S/C15H20N4O3S.2C2HF3O2/c1-18-10-15(17-11-18)23(20,21)19-7-5-14(22-2)13(19)8-12-4-3-6-16-9-12;2*3-2(4,5)1(6)7/h3-4,6,9-11,13-14H,5,7-8H2,1-2H3;2*(H,6,7)/t13-,14-;;/m0../s1. The number of aromatic nitrogens is 3. The Labute approximate surface area is 206 Å². The average molecular weight is 564 g/mol. The van der Waals surface area contributed by atoms with Gasteiger partial charge in [-0.2, -0.15) is 30.6 Å². The van der Waals surface area contributed by atoms with Crippen LogP contribution < -0.4 is 0 Å². The lowest BCUT2D eigenvalue weighted by atomic mass is 10.0. The topological polar surface area (TPSA) is 152 Å². The number of hydrogen-bond donors (Lipinski definition) is 2. The minimum atomic E-state index is -5.08. The molecule has 0 saturated carbocycles. The van der Waals surface area contributed by atoms with E-state index in [-0.39, 0.29) is 17.2 Å². The summed E-state index contributed by atoms with van der Waals surface area (Å²) in [6.45, 7) is 0.433. The highest BCUT2D eigenvalue weighted by Crippen LogP contribution is 2.29. The van der Waals surface area contributed by atoms with E-state index in [4.69, 9.17) is 24.5 Å². The second kappa shape index (κ2) is 12.8. The van der Waals surface area contributed by atoms with E-state index in [1.165, 1.54) is 16.8 Å². The van der Waals surface area contributed by atoms with Gasteiger partial charge in [-0.15, -0.1) is 0 Å². The number of pyridine rings is 1. The normalized spacial score (nSPS) is 18.3. The third-order valence-corrected chi connectivity index (χ3v) is 6.45. The maximum Gasteiger partial charge on any atom is 0.490 e. The summed E-state index contributed by atoms with van der Waals surface area (Å²) >= 11 is 0. The molecule has 0 aromatic carbocycles. The minimum Gasteiger partial charge on any atom is -0.475 e. The van der Waals surface area contributed by atoms with Gasteiger partial charge >= 0.3 is 24.3 Å². The molecule has 2 aromatic heterocycles. The average Bonchev–Trinajstić information content (AvgIpc) is 3.41. The Kier molecular flexibility index (Phi) is 11.0. The molecule has 0 aliphatic carbocycles. The van der Waals surface area contributed by atoms with Crippen molar-refractivity contribution in [2.75, 3.05) is 13.7 Å². The van der Waals surface area contributed by atoms with Crippen molar-refractivity contribution in [2.45, 2.75) is 42.4 Å². The van der Waals surface area contributed by atoms with Crippen molar-refractivity contribution in [3.8, 4) is 0 Å². The fourth-order valence-corrected chi connectivity index (χ4v) is 4.64. The molecular weight excluding hydrogens is 542 g/mol. The molecule has 37 heavy (non-hydrogen) atoms.